The van der Waals surface area contributed by atoms with Crippen LogP contribution >= 0.6 is 0 Å². The summed E-state index contributed by atoms with van der Waals surface area (Å²) in [4.78, 5) is 0. The highest BCUT2D eigenvalue weighted by Crippen LogP contribution is 2.39. The van der Waals surface area contributed by atoms with Gasteiger partial charge in [0.25, 0.3) is 0 Å². The largest absolute Gasteiger partial charge is 0.496 e. The second-order valence-electron chi connectivity index (χ2n) is 5.10. The summed E-state index contributed by atoms with van der Waals surface area (Å²) in [6.45, 7) is 2.70. The van der Waals surface area contributed by atoms with Crippen molar-refractivity contribution in [2.24, 2.45) is 5.84 Å². The van der Waals surface area contributed by atoms with Gasteiger partial charge in [-0.2, -0.15) is 0 Å². The molecule has 5 heteroatoms. The molecule has 0 bridgehead atoms. The molecule has 1 fully saturated rings. The molecule has 3 N–H and O–H groups in total. The van der Waals surface area contributed by atoms with E-state index in [1.807, 2.05) is 6.92 Å². The number of benzene rings is 1. The smallest absolute Gasteiger partial charge is 0.124 e. The van der Waals surface area contributed by atoms with Crippen molar-refractivity contribution in [2.75, 3.05) is 13.7 Å². The minimum absolute atomic E-state index is 0.307. The van der Waals surface area contributed by atoms with Gasteiger partial charge in [0.2, 0.25) is 0 Å². The molecule has 2 atom stereocenters. The molecule has 0 amide bonds. The van der Waals surface area contributed by atoms with Crippen LogP contribution in [0.25, 0.3) is 0 Å². The summed E-state index contributed by atoms with van der Waals surface area (Å²) < 4.78 is 24.7. The van der Waals surface area contributed by atoms with Crippen LogP contribution in [0, 0.1) is 5.82 Å². The van der Waals surface area contributed by atoms with Crippen LogP contribution in [0.1, 0.15) is 37.8 Å². The Bertz CT molecular complexity index is 433. The standard InChI is InChI=1S/C14H21FN2O2/c1-14(7-3-4-8-19-14)13(17-16)11-9-10(15)5-6-12(11)18-2/h5-6,9,13,17H,3-4,7-8,16H2,1-2H3. The van der Waals surface area contributed by atoms with E-state index in [0.717, 1.165) is 19.3 Å². The predicted molar refractivity (Wildman–Crippen MR) is 71.2 cm³/mol. The molecule has 2 unspecified atom stereocenters. The Balaban J connectivity index is 2.38. The van der Waals surface area contributed by atoms with Gasteiger partial charge in [0.1, 0.15) is 11.6 Å². The fraction of sp³-hybridized carbons (Fsp3) is 0.571. The Kier molecular flexibility index (Phi) is 4.39. The lowest BCUT2D eigenvalue weighted by Crippen LogP contribution is -2.48. The number of rotatable bonds is 4. The van der Waals surface area contributed by atoms with Gasteiger partial charge in [0.05, 0.1) is 18.8 Å². The summed E-state index contributed by atoms with van der Waals surface area (Å²) >= 11 is 0. The average Bonchev–Trinajstić information content (AvgIpc) is 2.40. The van der Waals surface area contributed by atoms with Crippen LogP contribution in [0.5, 0.6) is 5.75 Å². The van der Waals surface area contributed by atoms with Crippen LogP contribution in [-0.2, 0) is 4.74 Å². The zero-order valence-electron chi connectivity index (χ0n) is 11.4. The Morgan fingerprint density at radius 3 is 2.84 bits per heavy atom. The minimum atomic E-state index is -0.450. The van der Waals surface area contributed by atoms with Crippen molar-refractivity contribution in [3.63, 3.8) is 0 Å². The number of hydrazine groups is 1. The van der Waals surface area contributed by atoms with Crippen LogP contribution in [0.15, 0.2) is 18.2 Å². The summed E-state index contributed by atoms with van der Waals surface area (Å²) in [5.41, 5.74) is 3.00. The molecule has 4 nitrogen and oxygen atoms in total. The molecule has 0 spiro atoms. The van der Waals surface area contributed by atoms with E-state index in [0.29, 0.717) is 17.9 Å². The lowest BCUT2D eigenvalue weighted by molar-refractivity contribution is -0.0902. The van der Waals surface area contributed by atoms with Gasteiger partial charge in [-0.25, -0.2) is 9.82 Å². The van der Waals surface area contributed by atoms with E-state index in [2.05, 4.69) is 5.43 Å². The number of nitrogens with one attached hydrogen (secondary N) is 1. The molecule has 1 heterocycles. The first-order valence-corrected chi connectivity index (χ1v) is 6.54. The first kappa shape index (κ1) is 14.2. The van der Waals surface area contributed by atoms with Crippen LogP contribution in [0.2, 0.25) is 0 Å². The molecule has 0 saturated carbocycles. The Morgan fingerprint density at radius 1 is 1.47 bits per heavy atom. The van der Waals surface area contributed by atoms with E-state index in [4.69, 9.17) is 15.3 Å². The van der Waals surface area contributed by atoms with Crippen LogP contribution < -0.4 is 16.0 Å². The molecule has 106 valence electrons. The molecule has 1 aliphatic heterocycles. The monoisotopic (exact) mass is 268 g/mol. The highest BCUT2D eigenvalue weighted by molar-refractivity contribution is 5.38. The maximum atomic E-state index is 13.5. The third-order valence-electron chi connectivity index (χ3n) is 3.78. The third kappa shape index (κ3) is 2.88. The molecule has 1 saturated heterocycles. The van der Waals surface area contributed by atoms with Crippen molar-refractivity contribution >= 4 is 0 Å². The topological polar surface area (TPSA) is 56.5 Å². The van der Waals surface area contributed by atoms with Gasteiger partial charge in [-0.1, -0.05) is 0 Å². The van der Waals surface area contributed by atoms with E-state index in [1.54, 1.807) is 13.2 Å². The van der Waals surface area contributed by atoms with Crippen molar-refractivity contribution in [1.82, 2.24) is 5.43 Å². The molecule has 1 aliphatic rings. The van der Waals surface area contributed by atoms with E-state index < -0.39 is 5.60 Å². The van der Waals surface area contributed by atoms with Crippen LogP contribution in [-0.4, -0.2) is 19.3 Å². The highest BCUT2D eigenvalue weighted by Gasteiger charge is 2.38. The molecule has 19 heavy (non-hydrogen) atoms. The van der Waals surface area contributed by atoms with Crippen LogP contribution in [0.3, 0.4) is 0 Å². The zero-order valence-corrected chi connectivity index (χ0v) is 11.4. The average molecular weight is 268 g/mol. The summed E-state index contributed by atoms with van der Waals surface area (Å²) in [7, 11) is 1.56. The van der Waals surface area contributed by atoms with Gasteiger partial charge < -0.3 is 9.47 Å². The lowest BCUT2D eigenvalue weighted by atomic mass is 9.84. The van der Waals surface area contributed by atoms with Gasteiger partial charge in [-0.3, -0.25) is 5.84 Å². The van der Waals surface area contributed by atoms with Gasteiger partial charge in [-0.05, 0) is 44.4 Å². The summed E-state index contributed by atoms with van der Waals surface area (Å²) in [5.74, 6) is 5.99. The van der Waals surface area contributed by atoms with E-state index in [9.17, 15) is 4.39 Å². The zero-order chi connectivity index (χ0) is 13.9. The number of methoxy groups -OCH3 is 1. The quantitative estimate of drug-likeness (QED) is 0.650. The number of hydrogen-bond donors (Lipinski definition) is 2. The van der Waals surface area contributed by atoms with Crippen molar-refractivity contribution < 1.29 is 13.9 Å². The van der Waals surface area contributed by atoms with Gasteiger partial charge in [0.15, 0.2) is 0 Å². The second-order valence-corrected chi connectivity index (χ2v) is 5.10. The fourth-order valence-corrected chi connectivity index (χ4v) is 2.71. The minimum Gasteiger partial charge on any atom is -0.496 e. The first-order valence-electron chi connectivity index (χ1n) is 6.54. The molecular formula is C14H21FN2O2. The first-order chi connectivity index (χ1) is 9.10. The van der Waals surface area contributed by atoms with Gasteiger partial charge in [0, 0.05) is 12.2 Å². The summed E-state index contributed by atoms with van der Waals surface area (Å²) in [5, 5.41) is 0. The summed E-state index contributed by atoms with van der Waals surface area (Å²) in [6.07, 6.45) is 3.00. The maximum absolute atomic E-state index is 13.5. The van der Waals surface area contributed by atoms with Crippen molar-refractivity contribution in [2.45, 2.75) is 37.8 Å². The van der Waals surface area contributed by atoms with E-state index >= 15 is 0 Å². The maximum Gasteiger partial charge on any atom is 0.124 e. The molecule has 0 radical (unpaired) electrons. The van der Waals surface area contributed by atoms with Crippen LogP contribution in [0.4, 0.5) is 4.39 Å². The molecule has 2 rings (SSSR count). The number of ether oxygens (including phenoxy) is 2. The fourth-order valence-electron chi connectivity index (χ4n) is 2.71. The number of hydrogen-bond acceptors (Lipinski definition) is 4. The number of halogens is 1. The van der Waals surface area contributed by atoms with Crippen molar-refractivity contribution in [3.8, 4) is 5.75 Å². The second kappa shape index (κ2) is 5.86. The van der Waals surface area contributed by atoms with Crippen molar-refractivity contribution in [1.29, 1.82) is 0 Å². The van der Waals surface area contributed by atoms with Gasteiger partial charge >= 0.3 is 0 Å². The van der Waals surface area contributed by atoms with E-state index in [1.165, 1.54) is 12.1 Å². The van der Waals surface area contributed by atoms with Crippen molar-refractivity contribution in [3.05, 3.63) is 29.6 Å². The third-order valence-corrected chi connectivity index (χ3v) is 3.78. The summed E-state index contributed by atoms with van der Waals surface area (Å²) in [6, 6.07) is 4.13. The lowest BCUT2D eigenvalue weighted by Gasteiger charge is -2.40. The number of nitrogens with two attached hydrogens (primary N) is 1. The Labute approximate surface area is 113 Å². The molecule has 1 aromatic rings. The normalized spacial score (nSPS) is 25.1. The SMILES string of the molecule is COc1ccc(F)cc1C(NN)C1(C)CCCCO1. The Morgan fingerprint density at radius 2 is 2.26 bits per heavy atom. The predicted octanol–water partition coefficient (Wildman–Crippen LogP) is 2.30. The molecular weight excluding hydrogens is 247 g/mol. The molecule has 1 aromatic carbocycles. The van der Waals surface area contributed by atoms with E-state index in [-0.39, 0.29) is 11.9 Å². The van der Waals surface area contributed by atoms with Gasteiger partial charge in [-0.15, -0.1) is 0 Å². The molecule has 0 aromatic heterocycles. The molecule has 0 aliphatic carbocycles. The Hall–Kier alpha value is -1.17. The highest BCUT2D eigenvalue weighted by atomic mass is 19.1.